The van der Waals surface area contributed by atoms with Crippen molar-refractivity contribution in [3.63, 3.8) is 0 Å². The third-order valence-corrected chi connectivity index (χ3v) is 9.82. The number of carbonyl (C=O) groups is 1. The van der Waals surface area contributed by atoms with Gasteiger partial charge in [-0.15, -0.1) is 0 Å². The van der Waals surface area contributed by atoms with Crippen molar-refractivity contribution in [1.29, 1.82) is 0 Å². The molecule has 0 aliphatic rings. The number of ether oxygens (including phenoxy) is 1. The first-order valence-electron chi connectivity index (χ1n) is 9.89. The minimum atomic E-state index is -1.88. The second kappa shape index (κ2) is 8.33. The first-order chi connectivity index (χ1) is 13.6. The average molecular weight is 411 g/mol. The third-order valence-electron chi connectivity index (χ3n) is 5.46. The van der Waals surface area contributed by atoms with Gasteiger partial charge in [-0.3, -0.25) is 0 Å². The molecule has 0 unspecified atom stereocenters. The molecule has 2 aromatic carbocycles. The van der Waals surface area contributed by atoms with Crippen LogP contribution in [-0.2, 0) is 17.9 Å². The molecule has 3 rings (SSSR count). The Balaban J connectivity index is 1.59. The fourth-order valence-electron chi connectivity index (χ4n) is 2.71. The number of fused-ring (bicyclic) bond motifs is 1. The van der Waals surface area contributed by atoms with Crippen LogP contribution in [0, 0.1) is 0 Å². The van der Waals surface area contributed by atoms with Crippen LogP contribution < -0.4 is 9.74 Å². The number of H-pyrrole nitrogens is 1. The van der Waals surface area contributed by atoms with E-state index in [2.05, 4.69) is 44.2 Å². The number of amides is 1. The highest BCUT2D eigenvalue weighted by Crippen LogP contribution is 2.37. The van der Waals surface area contributed by atoms with Crippen LogP contribution in [0.5, 0.6) is 5.75 Å². The zero-order valence-corrected chi connectivity index (χ0v) is 18.8. The van der Waals surface area contributed by atoms with Crippen LogP contribution in [0.15, 0.2) is 54.6 Å². The predicted molar refractivity (Wildman–Crippen MR) is 120 cm³/mol. The van der Waals surface area contributed by atoms with Crippen molar-refractivity contribution in [1.82, 2.24) is 10.3 Å². The van der Waals surface area contributed by atoms with E-state index in [1.54, 1.807) is 0 Å². The van der Waals surface area contributed by atoms with Crippen LogP contribution >= 0.6 is 0 Å². The van der Waals surface area contributed by atoms with Crippen LogP contribution in [-0.4, -0.2) is 19.4 Å². The maximum absolute atomic E-state index is 11.9. The summed E-state index contributed by atoms with van der Waals surface area (Å²) in [6, 6.07) is 17.8. The lowest BCUT2D eigenvalue weighted by atomic mass is 10.2. The Morgan fingerprint density at radius 1 is 1.07 bits per heavy atom. The summed E-state index contributed by atoms with van der Waals surface area (Å²) in [4.78, 5) is 15.3. The highest BCUT2D eigenvalue weighted by molar-refractivity contribution is 6.74. The van der Waals surface area contributed by atoms with Gasteiger partial charge < -0.3 is 19.5 Å². The van der Waals surface area contributed by atoms with E-state index in [9.17, 15) is 4.79 Å². The largest absolute Gasteiger partial charge is 0.543 e. The van der Waals surface area contributed by atoms with Gasteiger partial charge in [-0.05, 0) is 47.3 Å². The lowest BCUT2D eigenvalue weighted by molar-refractivity contribution is 0.139. The van der Waals surface area contributed by atoms with Gasteiger partial charge in [0.15, 0.2) is 0 Å². The van der Waals surface area contributed by atoms with Gasteiger partial charge in [-0.25, -0.2) is 4.79 Å². The predicted octanol–water partition coefficient (Wildman–Crippen LogP) is 5.98. The first-order valence-corrected chi connectivity index (χ1v) is 12.8. The average Bonchev–Trinajstić information content (AvgIpc) is 3.06. The normalized spacial score (nSPS) is 12.0. The number of rotatable bonds is 6. The second-order valence-corrected chi connectivity index (χ2v) is 13.5. The highest BCUT2D eigenvalue weighted by Gasteiger charge is 2.38. The Bertz CT molecular complexity index is 975. The van der Waals surface area contributed by atoms with Crippen LogP contribution in [0.3, 0.4) is 0 Å². The van der Waals surface area contributed by atoms with Gasteiger partial charge in [0, 0.05) is 17.3 Å². The summed E-state index contributed by atoms with van der Waals surface area (Å²) in [6.07, 6.45) is -0.436. The highest BCUT2D eigenvalue weighted by atomic mass is 28.4. The molecule has 154 valence electrons. The van der Waals surface area contributed by atoms with E-state index in [-0.39, 0.29) is 11.6 Å². The van der Waals surface area contributed by atoms with E-state index in [0.717, 1.165) is 27.9 Å². The standard InChI is InChI=1S/C23H30N2O3Si/c1-23(2,3)29(4,5)28-20-12-11-18-13-19(25-21(18)14-20)15-24-22(26)27-16-17-9-7-6-8-10-17/h6-14,25H,15-16H2,1-5H3,(H,24,26). The van der Waals surface area contributed by atoms with Gasteiger partial charge in [0.2, 0.25) is 8.32 Å². The number of hydrogen-bond donors (Lipinski definition) is 2. The molecule has 6 heteroatoms. The van der Waals surface area contributed by atoms with E-state index in [1.807, 2.05) is 54.6 Å². The van der Waals surface area contributed by atoms with Crippen molar-refractivity contribution in [2.24, 2.45) is 0 Å². The molecule has 0 saturated heterocycles. The summed E-state index contributed by atoms with van der Waals surface area (Å²) >= 11 is 0. The molecular weight excluding hydrogens is 380 g/mol. The topological polar surface area (TPSA) is 63.4 Å². The van der Waals surface area contributed by atoms with E-state index >= 15 is 0 Å². The molecule has 0 saturated carbocycles. The molecule has 1 heterocycles. The maximum Gasteiger partial charge on any atom is 0.407 e. The Kier molecular flexibility index (Phi) is 6.03. The van der Waals surface area contributed by atoms with E-state index in [0.29, 0.717) is 6.54 Å². The smallest absolute Gasteiger partial charge is 0.407 e. The molecule has 29 heavy (non-hydrogen) atoms. The van der Waals surface area contributed by atoms with Crippen molar-refractivity contribution in [3.8, 4) is 5.75 Å². The molecule has 0 aliphatic heterocycles. The molecule has 0 bridgehead atoms. The molecule has 2 N–H and O–H groups in total. The summed E-state index contributed by atoms with van der Waals surface area (Å²) in [5.41, 5.74) is 2.87. The quantitative estimate of drug-likeness (QED) is 0.492. The molecule has 5 nitrogen and oxygen atoms in total. The number of nitrogens with one attached hydrogen (secondary N) is 2. The van der Waals surface area contributed by atoms with Gasteiger partial charge in [0.1, 0.15) is 12.4 Å². The molecule has 0 radical (unpaired) electrons. The summed E-state index contributed by atoms with van der Waals surface area (Å²) < 4.78 is 11.6. The maximum atomic E-state index is 11.9. The number of benzene rings is 2. The van der Waals surface area contributed by atoms with Gasteiger partial charge in [0.25, 0.3) is 0 Å². The second-order valence-electron chi connectivity index (χ2n) is 8.82. The molecule has 0 fully saturated rings. The molecule has 3 aromatic rings. The van der Waals surface area contributed by atoms with Crippen molar-refractivity contribution in [2.75, 3.05) is 0 Å². The molecule has 0 spiro atoms. The zero-order valence-electron chi connectivity index (χ0n) is 17.8. The van der Waals surface area contributed by atoms with Crippen molar-refractivity contribution < 1.29 is 14.0 Å². The van der Waals surface area contributed by atoms with Gasteiger partial charge in [0.05, 0.1) is 6.54 Å². The zero-order chi connectivity index (χ0) is 21.1. The monoisotopic (exact) mass is 410 g/mol. The van der Waals surface area contributed by atoms with Gasteiger partial charge in [-0.2, -0.15) is 0 Å². The van der Waals surface area contributed by atoms with Crippen molar-refractivity contribution in [2.45, 2.75) is 52.1 Å². The number of carbonyl (C=O) groups excluding carboxylic acids is 1. The fourth-order valence-corrected chi connectivity index (χ4v) is 3.74. The Hall–Kier alpha value is -2.73. The minimum absolute atomic E-state index is 0.146. The molecule has 1 amide bonds. The Labute approximate surface area is 173 Å². The summed E-state index contributed by atoms with van der Waals surface area (Å²) in [7, 11) is -1.88. The summed E-state index contributed by atoms with van der Waals surface area (Å²) in [6.45, 7) is 11.8. The molecular formula is C23H30N2O3Si. The molecule has 1 aromatic heterocycles. The van der Waals surface area contributed by atoms with Gasteiger partial charge >= 0.3 is 6.09 Å². The van der Waals surface area contributed by atoms with E-state index in [4.69, 9.17) is 9.16 Å². The number of alkyl carbamates (subject to hydrolysis) is 1. The minimum Gasteiger partial charge on any atom is -0.543 e. The van der Waals surface area contributed by atoms with Crippen LogP contribution in [0.4, 0.5) is 4.79 Å². The van der Waals surface area contributed by atoms with Crippen LogP contribution in [0.25, 0.3) is 10.9 Å². The first kappa shape index (κ1) is 21.0. The van der Waals surface area contributed by atoms with Crippen molar-refractivity contribution in [3.05, 3.63) is 65.9 Å². The molecule has 0 aliphatic carbocycles. The number of aromatic nitrogens is 1. The van der Waals surface area contributed by atoms with Gasteiger partial charge in [-0.1, -0.05) is 51.1 Å². The number of hydrogen-bond acceptors (Lipinski definition) is 3. The lowest BCUT2D eigenvalue weighted by Gasteiger charge is -2.36. The molecule has 0 atom stereocenters. The van der Waals surface area contributed by atoms with E-state index in [1.165, 1.54) is 0 Å². The van der Waals surface area contributed by atoms with E-state index < -0.39 is 14.4 Å². The van der Waals surface area contributed by atoms with Crippen molar-refractivity contribution >= 4 is 25.3 Å². The Morgan fingerprint density at radius 3 is 2.48 bits per heavy atom. The summed E-state index contributed by atoms with van der Waals surface area (Å²) in [5, 5.41) is 4.02. The van der Waals surface area contributed by atoms with Crippen LogP contribution in [0.2, 0.25) is 18.1 Å². The third kappa shape index (κ3) is 5.41. The Morgan fingerprint density at radius 2 is 1.79 bits per heavy atom. The fraction of sp³-hybridized carbons (Fsp3) is 0.348. The van der Waals surface area contributed by atoms with Crippen LogP contribution in [0.1, 0.15) is 32.0 Å². The lowest BCUT2D eigenvalue weighted by Crippen LogP contribution is -2.43. The SMILES string of the molecule is CC(C)(C)[Si](C)(C)Oc1ccc2cc(CNC(=O)OCc3ccccc3)[nH]c2c1. The number of aromatic amines is 1. The summed E-state index contributed by atoms with van der Waals surface area (Å²) in [5.74, 6) is 0.882.